The first-order valence-electron chi connectivity index (χ1n) is 10.3. The Balaban J connectivity index is 1.59. The minimum atomic E-state index is -1.16. The van der Waals surface area contributed by atoms with Crippen LogP contribution in [0.3, 0.4) is 0 Å². The van der Waals surface area contributed by atoms with Gasteiger partial charge in [0.05, 0.1) is 23.2 Å². The number of para-hydroxylation sites is 1. The van der Waals surface area contributed by atoms with Crippen LogP contribution in [-0.4, -0.2) is 35.2 Å². The first-order chi connectivity index (χ1) is 14.5. The molecule has 0 aromatic heterocycles. The lowest BCUT2D eigenvalue weighted by Crippen LogP contribution is -2.54. The molecule has 4 heterocycles. The van der Waals surface area contributed by atoms with Crippen molar-refractivity contribution in [2.75, 3.05) is 16.8 Å². The van der Waals surface area contributed by atoms with E-state index in [2.05, 4.69) is 10.2 Å². The van der Waals surface area contributed by atoms with Gasteiger partial charge in [0.15, 0.2) is 0 Å². The van der Waals surface area contributed by atoms with Crippen LogP contribution in [0.4, 0.5) is 11.4 Å². The molecule has 152 valence electrons. The molecule has 0 aliphatic carbocycles. The van der Waals surface area contributed by atoms with E-state index in [1.165, 1.54) is 4.90 Å². The summed E-state index contributed by atoms with van der Waals surface area (Å²) >= 11 is 6.32. The maximum Gasteiger partial charge on any atom is 0.250 e. The van der Waals surface area contributed by atoms with Crippen LogP contribution in [0.25, 0.3) is 0 Å². The average molecular weight is 422 g/mol. The maximum atomic E-state index is 13.8. The Morgan fingerprint density at radius 2 is 1.83 bits per heavy atom. The third-order valence-electron chi connectivity index (χ3n) is 7.38. The zero-order valence-corrected chi connectivity index (χ0v) is 17.1. The minimum Gasteiger partial charge on any atom is -0.324 e. The molecule has 4 aliphatic heterocycles. The number of anilines is 2. The van der Waals surface area contributed by atoms with E-state index in [9.17, 15) is 14.4 Å². The average Bonchev–Trinajstić information content (AvgIpc) is 3.44. The van der Waals surface area contributed by atoms with Crippen molar-refractivity contribution in [3.05, 3.63) is 58.6 Å². The Morgan fingerprint density at radius 1 is 1.07 bits per heavy atom. The highest BCUT2D eigenvalue weighted by atomic mass is 35.5. The number of rotatable bonds is 1. The van der Waals surface area contributed by atoms with E-state index in [0.717, 1.165) is 24.0 Å². The second-order valence-electron chi connectivity index (χ2n) is 8.57. The van der Waals surface area contributed by atoms with Gasteiger partial charge >= 0.3 is 0 Å². The van der Waals surface area contributed by atoms with Gasteiger partial charge < -0.3 is 5.32 Å². The molecule has 0 saturated carbocycles. The molecule has 6 nitrogen and oxygen atoms in total. The third-order valence-corrected chi connectivity index (χ3v) is 7.79. The minimum absolute atomic E-state index is 0.118. The number of benzene rings is 2. The summed E-state index contributed by atoms with van der Waals surface area (Å²) in [5.41, 5.74) is 1.64. The van der Waals surface area contributed by atoms with Gasteiger partial charge in [-0.2, -0.15) is 0 Å². The van der Waals surface area contributed by atoms with Crippen molar-refractivity contribution >= 4 is 40.7 Å². The van der Waals surface area contributed by atoms with E-state index in [1.807, 2.05) is 31.2 Å². The Kier molecular flexibility index (Phi) is 3.58. The van der Waals surface area contributed by atoms with Crippen LogP contribution in [-0.2, 0) is 19.9 Å². The van der Waals surface area contributed by atoms with Crippen LogP contribution < -0.4 is 10.2 Å². The molecule has 3 saturated heterocycles. The van der Waals surface area contributed by atoms with E-state index in [4.69, 9.17) is 11.6 Å². The molecule has 0 bridgehead atoms. The molecule has 4 aliphatic rings. The number of amides is 3. The lowest BCUT2D eigenvalue weighted by Gasteiger charge is -2.36. The Labute approximate surface area is 178 Å². The Hall–Kier alpha value is -2.70. The van der Waals surface area contributed by atoms with E-state index in [1.54, 1.807) is 18.2 Å². The number of carbonyl (C=O) groups excluding carboxylic acids is 3. The molecular formula is C23H20ClN3O3. The van der Waals surface area contributed by atoms with Gasteiger partial charge in [-0.25, -0.2) is 4.90 Å². The summed E-state index contributed by atoms with van der Waals surface area (Å²) < 4.78 is 0. The number of hydrogen-bond donors (Lipinski definition) is 1. The van der Waals surface area contributed by atoms with Gasteiger partial charge in [-0.1, -0.05) is 35.9 Å². The Bertz CT molecular complexity index is 1130. The van der Waals surface area contributed by atoms with Crippen molar-refractivity contribution in [3.8, 4) is 0 Å². The molecule has 6 rings (SSSR count). The summed E-state index contributed by atoms with van der Waals surface area (Å²) in [5.74, 6) is -1.97. The van der Waals surface area contributed by atoms with Crippen molar-refractivity contribution in [2.45, 2.75) is 31.3 Å². The number of imide groups is 1. The summed E-state index contributed by atoms with van der Waals surface area (Å²) in [6.07, 6.45) is 1.71. The highest BCUT2D eigenvalue weighted by Gasteiger charge is 2.74. The summed E-state index contributed by atoms with van der Waals surface area (Å²) in [4.78, 5) is 44.3. The van der Waals surface area contributed by atoms with Crippen LogP contribution in [0.2, 0.25) is 5.02 Å². The van der Waals surface area contributed by atoms with Crippen molar-refractivity contribution in [1.82, 2.24) is 4.90 Å². The molecule has 1 N–H and O–H groups in total. The van der Waals surface area contributed by atoms with Crippen LogP contribution in [0.5, 0.6) is 0 Å². The zero-order chi connectivity index (χ0) is 20.8. The van der Waals surface area contributed by atoms with Gasteiger partial charge in [0.2, 0.25) is 17.7 Å². The number of nitrogens with zero attached hydrogens (tertiary/aromatic N) is 2. The monoisotopic (exact) mass is 421 g/mol. The molecule has 3 amide bonds. The molecule has 2 aromatic rings. The predicted octanol–water partition coefficient (Wildman–Crippen LogP) is 3.08. The lowest BCUT2D eigenvalue weighted by atomic mass is 9.75. The summed E-state index contributed by atoms with van der Waals surface area (Å²) in [6, 6.07) is 12.5. The molecule has 0 unspecified atom stereocenters. The van der Waals surface area contributed by atoms with Gasteiger partial charge in [0.25, 0.3) is 0 Å². The quantitative estimate of drug-likeness (QED) is 0.718. The fourth-order valence-electron chi connectivity index (χ4n) is 6.22. The van der Waals surface area contributed by atoms with Crippen LogP contribution in [0.15, 0.2) is 42.5 Å². The highest BCUT2D eigenvalue weighted by molar-refractivity contribution is 6.32. The predicted molar refractivity (Wildman–Crippen MR) is 112 cm³/mol. The topological polar surface area (TPSA) is 69.7 Å². The first kappa shape index (κ1) is 18.1. The second-order valence-corrected chi connectivity index (χ2v) is 8.98. The number of fused-ring (bicyclic) bond motifs is 7. The fraction of sp³-hybridized carbons (Fsp3) is 0.348. The van der Waals surface area contributed by atoms with E-state index >= 15 is 0 Å². The molecule has 7 heteroatoms. The second kappa shape index (κ2) is 5.93. The van der Waals surface area contributed by atoms with Crippen LogP contribution >= 0.6 is 11.6 Å². The first-order valence-corrected chi connectivity index (χ1v) is 10.7. The van der Waals surface area contributed by atoms with Crippen molar-refractivity contribution in [1.29, 1.82) is 0 Å². The number of hydrogen-bond acceptors (Lipinski definition) is 4. The van der Waals surface area contributed by atoms with E-state index < -0.39 is 17.4 Å². The Morgan fingerprint density at radius 3 is 2.60 bits per heavy atom. The molecule has 2 aromatic carbocycles. The van der Waals surface area contributed by atoms with Gasteiger partial charge in [-0.15, -0.1) is 0 Å². The maximum absolute atomic E-state index is 13.8. The third kappa shape index (κ3) is 1.92. The van der Waals surface area contributed by atoms with Crippen molar-refractivity contribution < 1.29 is 14.4 Å². The molecule has 30 heavy (non-hydrogen) atoms. The lowest BCUT2D eigenvalue weighted by molar-refractivity contribution is -0.135. The molecular weight excluding hydrogens is 402 g/mol. The summed E-state index contributed by atoms with van der Waals surface area (Å²) in [5, 5.41) is 3.58. The van der Waals surface area contributed by atoms with Crippen LogP contribution in [0.1, 0.15) is 24.0 Å². The van der Waals surface area contributed by atoms with Crippen LogP contribution in [0, 0.1) is 18.8 Å². The largest absolute Gasteiger partial charge is 0.324 e. The number of nitrogens with one attached hydrogen (secondary N) is 1. The molecule has 4 atom stereocenters. The standard InChI is InChI=1S/C23H20ClN3O3/c1-12-15(24)10-9-14-19(12)25-22(30)23(14)18-17(16-8-5-11-26(16)23)20(28)27(21(18)29)13-6-3-2-4-7-13/h2-4,6-7,9-10,16-18H,5,8,11H2,1H3,(H,25,30)/t16-,17-,18+,23+/m1/s1. The highest BCUT2D eigenvalue weighted by Crippen LogP contribution is 2.61. The van der Waals surface area contributed by atoms with Gasteiger partial charge in [-0.05, 0) is 50.1 Å². The SMILES string of the molecule is Cc1c(Cl)ccc2c1NC(=O)[C@@]21[C@@H]2C(=O)N(c3ccccc3)C(=O)[C@@H]2[C@H]2CCCN21. The van der Waals surface area contributed by atoms with E-state index in [-0.39, 0.29) is 23.8 Å². The number of halogens is 1. The summed E-state index contributed by atoms with van der Waals surface area (Å²) in [7, 11) is 0. The van der Waals surface area contributed by atoms with Crippen molar-refractivity contribution in [2.24, 2.45) is 11.8 Å². The molecule has 1 spiro atoms. The summed E-state index contributed by atoms with van der Waals surface area (Å²) in [6.45, 7) is 2.56. The number of carbonyl (C=O) groups is 3. The van der Waals surface area contributed by atoms with Gasteiger partial charge in [-0.3, -0.25) is 19.3 Å². The van der Waals surface area contributed by atoms with Gasteiger partial charge in [0, 0.05) is 16.6 Å². The fourth-order valence-corrected chi connectivity index (χ4v) is 6.38. The van der Waals surface area contributed by atoms with E-state index in [0.29, 0.717) is 22.9 Å². The van der Waals surface area contributed by atoms with Gasteiger partial charge in [0.1, 0.15) is 5.54 Å². The smallest absolute Gasteiger partial charge is 0.250 e. The molecule has 3 fully saturated rings. The normalized spacial score (nSPS) is 32.0. The zero-order valence-electron chi connectivity index (χ0n) is 16.4. The molecule has 0 radical (unpaired) electrons. The van der Waals surface area contributed by atoms with Crippen molar-refractivity contribution in [3.63, 3.8) is 0 Å².